The van der Waals surface area contributed by atoms with Crippen LogP contribution in [-0.4, -0.2) is 35.9 Å². The molecule has 3 unspecified atom stereocenters. The van der Waals surface area contributed by atoms with E-state index >= 15 is 0 Å². The minimum Gasteiger partial charge on any atom is -0.424 e. The van der Waals surface area contributed by atoms with E-state index in [1.54, 1.807) is 12.1 Å². The first-order valence-electron chi connectivity index (χ1n) is 10.6. The molecule has 212 valence electrons. The van der Waals surface area contributed by atoms with Gasteiger partial charge >= 0.3 is 27.3 Å². The zero-order valence-corrected chi connectivity index (χ0v) is 29.2. The first-order chi connectivity index (χ1) is 17.9. The maximum Gasteiger partial charge on any atom is 0.427 e. The minimum absolute atomic E-state index is 0.0386. The first-order valence-corrected chi connectivity index (χ1v) is 16.8. The van der Waals surface area contributed by atoms with E-state index in [-0.39, 0.29) is 17.9 Å². The Morgan fingerprint density at radius 2 is 1.18 bits per heavy atom. The SMILES string of the molecule is O=C(Oc1c(Br)cc(Br)cc1Br)C1CCC(C(=O)C(F)(F)S(=O)(=O)O)C(C(=O)Oc2c(Br)cc(Br)cc2Br)C1. The Kier molecular flexibility index (Phi) is 11.0. The van der Waals surface area contributed by atoms with Crippen molar-refractivity contribution in [2.24, 2.45) is 17.8 Å². The molecule has 0 amide bonds. The van der Waals surface area contributed by atoms with Crippen LogP contribution in [0.3, 0.4) is 0 Å². The lowest BCUT2D eigenvalue weighted by Gasteiger charge is -2.34. The van der Waals surface area contributed by atoms with Gasteiger partial charge in [0.25, 0.3) is 0 Å². The summed E-state index contributed by atoms with van der Waals surface area (Å²) in [7, 11) is -6.12. The number of hydrogen-bond donors (Lipinski definition) is 1. The highest BCUT2D eigenvalue weighted by Crippen LogP contribution is 2.43. The molecular weight excluding hydrogens is 942 g/mol. The number of Topliss-reactive ketones (excluding diaryl/α,β-unsaturated/α-hetero) is 1. The molecule has 39 heavy (non-hydrogen) atoms. The topological polar surface area (TPSA) is 124 Å². The van der Waals surface area contributed by atoms with E-state index in [0.717, 1.165) is 0 Å². The Hall–Kier alpha value is -0.300. The van der Waals surface area contributed by atoms with Crippen molar-refractivity contribution >= 4 is 123 Å². The highest BCUT2D eigenvalue weighted by Gasteiger charge is 2.58. The van der Waals surface area contributed by atoms with Crippen LogP contribution >= 0.6 is 95.6 Å². The van der Waals surface area contributed by atoms with Gasteiger partial charge in [-0.2, -0.15) is 17.2 Å². The minimum atomic E-state index is -6.12. The average Bonchev–Trinajstić information content (AvgIpc) is 2.81. The summed E-state index contributed by atoms with van der Waals surface area (Å²) >= 11 is 19.5. The number of carbonyl (C=O) groups is 3. The second kappa shape index (κ2) is 12.9. The van der Waals surface area contributed by atoms with E-state index in [4.69, 9.17) is 14.0 Å². The monoisotopic (exact) mass is 950 g/mol. The highest BCUT2D eigenvalue weighted by molar-refractivity contribution is 9.12. The summed E-state index contributed by atoms with van der Waals surface area (Å²) in [4.78, 5) is 39.0. The average molecular weight is 956 g/mol. The van der Waals surface area contributed by atoms with E-state index in [9.17, 15) is 31.6 Å². The van der Waals surface area contributed by atoms with Crippen molar-refractivity contribution in [3.63, 3.8) is 0 Å². The van der Waals surface area contributed by atoms with Crippen LogP contribution in [-0.2, 0) is 24.5 Å². The number of benzene rings is 2. The maximum absolute atomic E-state index is 14.3. The van der Waals surface area contributed by atoms with Gasteiger partial charge in [0.05, 0.1) is 29.7 Å². The lowest BCUT2D eigenvalue weighted by molar-refractivity contribution is -0.155. The van der Waals surface area contributed by atoms with Crippen LogP contribution in [0.25, 0.3) is 0 Å². The molecule has 0 bridgehead atoms. The molecule has 0 spiro atoms. The molecule has 2 aromatic carbocycles. The molecule has 1 fully saturated rings. The Labute approximate surface area is 271 Å². The van der Waals surface area contributed by atoms with Gasteiger partial charge in [-0.25, -0.2) is 0 Å². The maximum atomic E-state index is 14.3. The van der Waals surface area contributed by atoms with Crippen LogP contribution in [0.5, 0.6) is 11.5 Å². The number of alkyl halides is 2. The van der Waals surface area contributed by atoms with Gasteiger partial charge in [-0.3, -0.25) is 18.9 Å². The van der Waals surface area contributed by atoms with Crippen molar-refractivity contribution in [3.05, 3.63) is 51.1 Å². The second-order valence-electron chi connectivity index (χ2n) is 8.32. The molecule has 2 aromatic rings. The van der Waals surface area contributed by atoms with E-state index in [0.29, 0.717) is 26.8 Å². The molecule has 1 saturated carbocycles. The molecular formula is C22H14Br6F2O8S. The van der Waals surface area contributed by atoms with Crippen molar-refractivity contribution in [2.75, 3.05) is 0 Å². The molecule has 0 aliphatic heterocycles. The summed E-state index contributed by atoms with van der Waals surface area (Å²) in [6.45, 7) is 0. The number of carbonyl (C=O) groups excluding carboxylic acids is 3. The van der Waals surface area contributed by atoms with Crippen molar-refractivity contribution in [3.8, 4) is 11.5 Å². The third-order valence-electron chi connectivity index (χ3n) is 5.77. The largest absolute Gasteiger partial charge is 0.427 e. The number of ether oxygens (including phenoxy) is 2. The van der Waals surface area contributed by atoms with Crippen molar-refractivity contribution in [1.29, 1.82) is 0 Å². The Morgan fingerprint density at radius 3 is 1.59 bits per heavy atom. The van der Waals surface area contributed by atoms with E-state index < -0.39 is 63.7 Å². The number of halogens is 8. The summed E-state index contributed by atoms with van der Waals surface area (Å²) in [6, 6.07) is 6.32. The smallest absolute Gasteiger partial charge is 0.424 e. The lowest BCUT2D eigenvalue weighted by atomic mass is 9.72. The zero-order valence-electron chi connectivity index (χ0n) is 18.9. The predicted octanol–water partition coefficient (Wildman–Crippen LogP) is 7.85. The van der Waals surface area contributed by atoms with E-state index in [2.05, 4.69) is 95.6 Å². The van der Waals surface area contributed by atoms with Crippen LogP contribution < -0.4 is 9.47 Å². The molecule has 1 N–H and O–H groups in total. The van der Waals surface area contributed by atoms with Gasteiger partial charge in [0, 0.05) is 14.9 Å². The molecule has 1 aliphatic carbocycles. The number of ketones is 1. The summed E-state index contributed by atoms with van der Waals surface area (Å²) < 4.78 is 73.7. The third kappa shape index (κ3) is 7.56. The molecule has 0 heterocycles. The van der Waals surface area contributed by atoms with Crippen LogP contribution in [0, 0.1) is 17.8 Å². The van der Waals surface area contributed by atoms with Crippen molar-refractivity contribution < 1.29 is 45.6 Å². The summed E-state index contributed by atoms with van der Waals surface area (Å²) in [6.07, 6.45) is -1.12. The Morgan fingerprint density at radius 1 is 0.769 bits per heavy atom. The predicted molar refractivity (Wildman–Crippen MR) is 156 cm³/mol. The van der Waals surface area contributed by atoms with Crippen LogP contribution in [0.2, 0.25) is 0 Å². The fourth-order valence-electron chi connectivity index (χ4n) is 3.92. The van der Waals surface area contributed by atoms with Crippen LogP contribution in [0.4, 0.5) is 8.78 Å². The van der Waals surface area contributed by atoms with Gasteiger partial charge in [-0.05, 0) is 107 Å². The summed E-state index contributed by atoms with van der Waals surface area (Å²) in [5.41, 5.74) is 0. The van der Waals surface area contributed by atoms with Gasteiger partial charge in [-0.1, -0.05) is 31.9 Å². The van der Waals surface area contributed by atoms with E-state index in [1.165, 1.54) is 12.1 Å². The molecule has 17 heteroatoms. The molecule has 3 atom stereocenters. The van der Waals surface area contributed by atoms with Crippen molar-refractivity contribution in [1.82, 2.24) is 0 Å². The Bertz CT molecular complexity index is 1410. The number of rotatable bonds is 7. The summed E-state index contributed by atoms with van der Waals surface area (Å²) in [5, 5.41) is -5.17. The second-order valence-corrected chi connectivity index (χ2v) is 15.0. The van der Waals surface area contributed by atoms with Gasteiger partial charge in [0.2, 0.25) is 5.78 Å². The fourth-order valence-corrected chi connectivity index (χ4v) is 9.16. The molecule has 0 aromatic heterocycles. The normalized spacial score (nSPS) is 19.9. The van der Waals surface area contributed by atoms with Gasteiger partial charge < -0.3 is 9.47 Å². The standard InChI is InChI=1S/C22H14Br6F2O8S/c23-9-4-13(25)17(14(26)5-9)37-20(32)8-1-2-11(19(31)22(29,30)39(34,35)36)12(3-8)21(33)38-18-15(27)6-10(24)7-16(18)28/h4-8,11-12H,1-3H2,(H,34,35,36). The van der Waals surface area contributed by atoms with Crippen LogP contribution in [0.15, 0.2) is 51.1 Å². The molecule has 3 rings (SSSR count). The van der Waals surface area contributed by atoms with Crippen LogP contribution in [0.1, 0.15) is 19.3 Å². The Balaban J connectivity index is 1.94. The van der Waals surface area contributed by atoms with Gasteiger partial charge in [0.1, 0.15) is 0 Å². The lowest BCUT2D eigenvalue weighted by Crippen LogP contribution is -2.48. The number of esters is 2. The van der Waals surface area contributed by atoms with Gasteiger partial charge in [-0.15, -0.1) is 0 Å². The third-order valence-corrected chi connectivity index (χ3v) is 9.89. The first kappa shape index (κ1) is 33.2. The quantitative estimate of drug-likeness (QED) is 0.169. The zero-order chi connectivity index (χ0) is 29.4. The molecule has 1 aliphatic rings. The van der Waals surface area contributed by atoms with Gasteiger partial charge in [0.15, 0.2) is 11.5 Å². The highest BCUT2D eigenvalue weighted by atomic mass is 79.9. The summed E-state index contributed by atoms with van der Waals surface area (Å²) in [5.74, 6) is -8.64. The molecule has 0 radical (unpaired) electrons. The molecule has 8 nitrogen and oxygen atoms in total. The number of hydrogen-bond acceptors (Lipinski definition) is 7. The molecule has 0 saturated heterocycles. The fraction of sp³-hybridized carbons (Fsp3) is 0.318. The van der Waals surface area contributed by atoms with E-state index in [1.807, 2.05) is 0 Å². The van der Waals surface area contributed by atoms with Crippen molar-refractivity contribution in [2.45, 2.75) is 24.5 Å².